The van der Waals surface area contributed by atoms with Gasteiger partial charge in [0.25, 0.3) is 6.29 Å². The largest absolute Gasteiger partial charge is 0.507 e. The molecule has 0 spiro atoms. The molecule has 1 radical (unpaired) electrons. The highest BCUT2D eigenvalue weighted by Crippen LogP contribution is 2.29. The van der Waals surface area contributed by atoms with Crippen LogP contribution >= 0.6 is 0 Å². The highest BCUT2D eigenvalue weighted by molar-refractivity contribution is 5.92. The first-order chi connectivity index (χ1) is 6.72. The van der Waals surface area contributed by atoms with Crippen molar-refractivity contribution >= 4 is 17.2 Å². The molecule has 0 saturated carbocycles. The number of hydrogen-bond acceptors (Lipinski definition) is 4. The number of fused-ring (bicyclic) bond motifs is 1. The molecule has 0 aliphatic carbocycles. The van der Waals surface area contributed by atoms with Gasteiger partial charge in [0.2, 0.25) is 0 Å². The first-order valence-electron chi connectivity index (χ1n) is 3.92. The summed E-state index contributed by atoms with van der Waals surface area (Å²) in [4.78, 5) is 14.2. The Morgan fingerprint density at radius 2 is 2.00 bits per heavy atom. The quantitative estimate of drug-likeness (QED) is 0.703. The molecule has 0 unspecified atom stereocenters. The van der Waals surface area contributed by atoms with Crippen LogP contribution in [-0.2, 0) is 4.79 Å². The lowest BCUT2D eigenvalue weighted by atomic mass is 10.1. The van der Waals surface area contributed by atoms with Crippen LogP contribution in [0, 0.1) is 0 Å². The maximum Gasteiger partial charge on any atom is 0.253 e. The minimum Gasteiger partial charge on any atom is -0.507 e. The summed E-state index contributed by atoms with van der Waals surface area (Å²) in [7, 11) is 0. The number of para-hydroxylation sites is 1. The number of nitrogens with zero attached hydrogens (tertiary/aromatic N) is 1. The van der Waals surface area contributed by atoms with Crippen molar-refractivity contribution in [1.82, 2.24) is 4.98 Å². The van der Waals surface area contributed by atoms with Gasteiger partial charge in [-0.25, -0.2) is 4.98 Å². The molecule has 1 aromatic heterocycles. The fourth-order valence-electron chi connectivity index (χ4n) is 1.27. The van der Waals surface area contributed by atoms with E-state index < -0.39 is 0 Å². The van der Waals surface area contributed by atoms with Crippen LogP contribution in [0.3, 0.4) is 0 Å². The normalized spacial score (nSPS) is 10.3. The van der Waals surface area contributed by atoms with E-state index in [1.54, 1.807) is 18.4 Å². The van der Waals surface area contributed by atoms with Crippen LogP contribution in [0.5, 0.6) is 11.5 Å². The van der Waals surface area contributed by atoms with E-state index in [4.69, 9.17) is 0 Å². The molecular weight excluding hydrogens is 182 g/mol. The van der Waals surface area contributed by atoms with Crippen LogP contribution in [0.25, 0.3) is 10.9 Å². The summed E-state index contributed by atoms with van der Waals surface area (Å²) in [6.07, 6.45) is 1.55. The van der Waals surface area contributed by atoms with Crippen molar-refractivity contribution in [2.45, 2.75) is 0 Å². The standard InChI is InChI=1S/C10H6NO3/c12-5-6-4-9(14)7-2-1-3-8(13)10(7)11-6/h1-4,13H,(H,11,14). The summed E-state index contributed by atoms with van der Waals surface area (Å²) in [5.41, 5.74) is 0.169. The van der Waals surface area contributed by atoms with Crippen LogP contribution < -0.4 is 0 Å². The van der Waals surface area contributed by atoms with Crippen LogP contribution in [0.2, 0.25) is 0 Å². The predicted molar refractivity (Wildman–Crippen MR) is 49.9 cm³/mol. The summed E-state index contributed by atoms with van der Waals surface area (Å²) in [6.45, 7) is 0. The van der Waals surface area contributed by atoms with Crippen molar-refractivity contribution in [2.24, 2.45) is 0 Å². The maximum absolute atomic E-state index is 10.3. The molecule has 1 aromatic carbocycles. The van der Waals surface area contributed by atoms with Gasteiger partial charge in [0, 0.05) is 11.5 Å². The molecule has 1 heterocycles. The van der Waals surface area contributed by atoms with E-state index in [1.807, 2.05) is 0 Å². The second-order valence-corrected chi connectivity index (χ2v) is 2.80. The van der Waals surface area contributed by atoms with Crippen molar-refractivity contribution in [3.63, 3.8) is 0 Å². The number of hydrogen-bond donors (Lipinski definition) is 2. The topological polar surface area (TPSA) is 70.4 Å². The van der Waals surface area contributed by atoms with Gasteiger partial charge in [-0.2, -0.15) is 0 Å². The maximum atomic E-state index is 10.3. The molecule has 4 nitrogen and oxygen atoms in total. The molecule has 0 fully saturated rings. The van der Waals surface area contributed by atoms with Crippen LogP contribution in [0.1, 0.15) is 5.69 Å². The first kappa shape index (κ1) is 8.50. The number of phenolic OH excluding ortho intramolecular Hbond substituents is 1. The molecule has 0 bridgehead atoms. The predicted octanol–water partition coefficient (Wildman–Crippen LogP) is 1.10. The zero-order valence-electron chi connectivity index (χ0n) is 7.06. The smallest absolute Gasteiger partial charge is 0.253 e. The van der Waals surface area contributed by atoms with Gasteiger partial charge in [0.05, 0.1) is 0 Å². The minimum atomic E-state index is -0.0933. The summed E-state index contributed by atoms with van der Waals surface area (Å²) in [6, 6.07) is 5.83. The zero-order chi connectivity index (χ0) is 10.1. The van der Waals surface area contributed by atoms with Gasteiger partial charge >= 0.3 is 0 Å². The van der Waals surface area contributed by atoms with E-state index in [0.717, 1.165) is 0 Å². The van der Waals surface area contributed by atoms with Gasteiger partial charge in [0.15, 0.2) is 0 Å². The summed E-state index contributed by atoms with van der Waals surface area (Å²) in [5.74, 6) is -0.167. The van der Waals surface area contributed by atoms with Crippen molar-refractivity contribution < 1.29 is 15.0 Å². The fourth-order valence-corrected chi connectivity index (χ4v) is 1.27. The molecule has 14 heavy (non-hydrogen) atoms. The second kappa shape index (κ2) is 2.99. The van der Waals surface area contributed by atoms with Gasteiger partial charge in [-0.1, -0.05) is 6.07 Å². The molecule has 2 rings (SSSR count). The lowest BCUT2D eigenvalue weighted by Gasteiger charge is -2.02. The third-order valence-electron chi connectivity index (χ3n) is 1.90. The number of carbonyl (C=O) groups excluding carboxylic acids is 1. The number of aromatic hydroxyl groups is 2. The molecule has 0 aliphatic rings. The number of phenols is 1. The van der Waals surface area contributed by atoms with E-state index in [2.05, 4.69) is 4.98 Å². The second-order valence-electron chi connectivity index (χ2n) is 2.80. The van der Waals surface area contributed by atoms with E-state index in [0.29, 0.717) is 5.39 Å². The van der Waals surface area contributed by atoms with Gasteiger partial charge < -0.3 is 10.2 Å². The Morgan fingerprint density at radius 1 is 1.21 bits per heavy atom. The Kier molecular flexibility index (Phi) is 1.81. The Bertz CT molecular complexity index is 508. The number of benzene rings is 1. The van der Waals surface area contributed by atoms with E-state index >= 15 is 0 Å². The number of aromatic nitrogens is 1. The molecule has 4 heteroatoms. The molecule has 0 saturated heterocycles. The number of pyridine rings is 1. The van der Waals surface area contributed by atoms with E-state index in [1.165, 1.54) is 12.1 Å². The lowest BCUT2D eigenvalue weighted by Crippen LogP contribution is -1.88. The molecule has 2 N–H and O–H groups in total. The third kappa shape index (κ3) is 1.17. The fraction of sp³-hybridized carbons (Fsp3) is 0. The summed E-state index contributed by atoms with van der Waals surface area (Å²) in [5, 5.41) is 19.3. The Hall–Kier alpha value is -2.10. The molecular formula is C10H6NO3. The van der Waals surface area contributed by atoms with Crippen LogP contribution in [-0.4, -0.2) is 21.5 Å². The minimum absolute atomic E-state index is 0.0310. The van der Waals surface area contributed by atoms with Gasteiger partial charge in [-0.15, -0.1) is 0 Å². The molecule has 0 atom stereocenters. The SMILES string of the molecule is O=[C]c1cc(O)c2cccc(O)c2n1. The summed E-state index contributed by atoms with van der Waals surface area (Å²) < 4.78 is 0. The number of rotatable bonds is 1. The van der Waals surface area contributed by atoms with Crippen molar-refractivity contribution in [3.8, 4) is 11.5 Å². The van der Waals surface area contributed by atoms with Crippen molar-refractivity contribution in [3.05, 3.63) is 30.0 Å². The first-order valence-corrected chi connectivity index (χ1v) is 3.92. The highest BCUT2D eigenvalue weighted by Gasteiger charge is 2.07. The monoisotopic (exact) mass is 188 g/mol. The van der Waals surface area contributed by atoms with Crippen molar-refractivity contribution in [1.29, 1.82) is 0 Å². The van der Waals surface area contributed by atoms with E-state index in [-0.39, 0.29) is 22.7 Å². The zero-order valence-corrected chi connectivity index (χ0v) is 7.06. The van der Waals surface area contributed by atoms with Gasteiger partial charge in [-0.3, -0.25) is 4.79 Å². The third-order valence-corrected chi connectivity index (χ3v) is 1.90. The molecule has 0 amide bonds. The molecule has 2 aromatic rings. The van der Waals surface area contributed by atoms with Crippen LogP contribution in [0.4, 0.5) is 0 Å². The van der Waals surface area contributed by atoms with E-state index in [9.17, 15) is 15.0 Å². The molecule has 0 aliphatic heterocycles. The van der Waals surface area contributed by atoms with Crippen LogP contribution in [0.15, 0.2) is 24.3 Å². The van der Waals surface area contributed by atoms with Gasteiger partial charge in [-0.05, 0) is 12.1 Å². The van der Waals surface area contributed by atoms with Crippen molar-refractivity contribution in [2.75, 3.05) is 0 Å². The Balaban J connectivity index is 2.90. The summed E-state index contributed by atoms with van der Waals surface area (Å²) >= 11 is 0. The molecule has 69 valence electrons. The average molecular weight is 188 g/mol. The van der Waals surface area contributed by atoms with Gasteiger partial charge in [0.1, 0.15) is 22.7 Å². The average Bonchev–Trinajstić information content (AvgIpc) is 2.19. The highest BCUT2D eigenvalue weighted by atomic mass is 16.3. The Labute approximate surface area is 79.4 Å². The Morgan fingerprint density at radius 3 is 2.71 bits per heavy atom. The lowest BCUT2D eigenvalue weighted by molar-refractivity contribution is 0.473.